The number of aryl methyl sites for hydroxylation is 2. The number of unbranched alkanes of at least 4 members (excludes halogenated alkanes) is 2. The van der Waals surface area contributed by atoms with Crippen LogP contribution in [0, 0.1) is 0 Å². The Morgan fingerprint density at radius 1 is 1.03 bits per heavy atom. The lowest BCUT2D eigenvalue weighted by Crippen LogP contribution is -2.41. The third-order valence-electron chi connectivity index (χ3n) is 7.26. The predicted octanol–water partition coefficient (Wildman–Crippen LogP) is 3.92. The Morgan fingerprint density at radius 3 is 2.74 bits per heavy atom. The molecule has 1 aromatic carbocycles. The van der Waals surface area contributed by atoms with E-state index in [0.29, 0.717) is 36.1 Å². The van der Waals surface area contributed by atoms with Gasteiger partial charge in [0.1, 0.15) is 11.6 Å². The van der Waals surface area contributed by atoms with Gasteiger partial charge < -0.3 is 9.47 Å². The van der Waals surface area contributed by atoms with Gasteiger partial charge >= 0.3 is 0 Å². The number of hydrogen-bond donors (Lipinski definition) is 0. The molecule has 2 aliphatic heterocycles. The Balaban J connectivity index is 1.44. The van der Waals surface area contributed by atoms with Crippen molar-refractivity contribution in [3.05, 3.63) is 52.0 Å². The van der Waals surface area contributed by atoms with Gasteiger partial charge in [-0.1, -0.05) is 44.4 Å². The van der Waals surface area contributed by atoms with Crippen molar-refractivity contribution in [1.29, 1.82) is 0 Å². The van der Waals surface area contributed by atoms with E-state index >= 15 is 0 Å². The van der Waals surface area contributed by atoms with Gasteiger partial charge in [-0.2, -0.15) is 5.10 Å². The fourth-order valence-corrected chi connectivity index (χ4v) is 5.39. The summed E-state index contributed by atoms with van der Waals surface area (Å²) in [4.78, 5) is 28.7. The first-order valence-electron chi connectivity index (χ1n) is 12.9. The number of likely N-dealkylation sites (tertiary alicyclic amines) is 1. The maximum atomic E-state index is 13.8. The van der Waals surface area contributed by atoms with Crippen LogP contribution < -0.4 is 5.56 Å². The Hall–Kier alpha value is -3.03. The molecule has 0 N–H and O–H groups in total. The molecule has 8 nitrogen and oxygen atoms in total. The highest BCUT2D eigenvalue weighted by molar-refractivity contribution is 6.04. The lowest BCUT2D eigenvalue weighted by molar-refractivity contribution is 0.0696. The zero-order valence-electron chi connectivity index (χ0n) is 20.1. The van der Waals surface area contributed by atoms with E-state index in [-0.39, 0.29) is 17.4 Å². The molecule has 0 radical (unpaired) electrons. The summed E-state index contributed by atoms with van der Waals surface area (Å²) in [6, 6.07) is 7.36. The minimum absolute atomic E-state index is 0.0965. The van der Waals surface area contributed by atoms with Gasteiger partial charge in [0, 0.05) is 43.9 Å². The smallest absolute Gasteiger partial charge is 0.274 e. The molecule has 2 aliphatic rings. The average molecular weight is 463 g/mol. The van der Waals surface area contributed by atoms with Crippen LogP contribution in [-0.2, 0) is 19.5 Å². The summed E-state index contributed by atoms with van der Waals surface area (Å²) in [5, 5.41) is 14.8. The Labute approximate surface area is 200 Å². The maximum Gasteiger partial charge on any atom is 0.274 e. The van der Waals surface area contributed by atoms with Crippen molar-refractivity contribution < 1.29 is 4.79 Å². The van der Waals surface area contributed by atoms with Gasteiger partial charge in [-0.15, -0.1) is 10.2 Å². The molecule has 0 spiro atoms. The van der Waals surface area contributed by atoms with E-state index in [4.69, 9.17) is 0 Å². The number of fused-ring (bicyclic) bond motifs is 2. The Bertz CT molecular complexity index is 1230. The van der Waals surface area contributed by atoms with Crippen LogP contribution in [-0.4, -0.2) is 48.4 Å². The first kappa shape index (κ1) is 22.7. The monoisotopic (exact) mass is 462 g/mol. The minimum Gasteiger partial charge on any atom is -0.337 e. The number of hydrogen-bond acceptors (Lipinski definition) is 5. The molecule has 1 amide bonds. The number of carbonyl (C=O) groups excluding carboxylic acids is 1. The van der Waals surface area contributed by atoms with E-state index < -0.39 is 0 Å². The van der Waals surface area contributed by atoms with Crippen LogP contribution >= 0.6 is 0 Å². The molecule has 0 bridgehead atoms. The second-order valence-electron chi connectivity index (χ2n) is 9.66. The summed E-state index contributed by atoms with van der Waals surface area (Å²) in [5.74, 6) is 2.19. The third-order valence-corrected chi connectivity index (χ3v) is 7.26. The summed E-state index contributed by atoms with van der Waals surface area (Å²) in [7, 11) is 0. The molecule has 1 atom stereocenters. The summed E-state index contributed by atoms with van der Waals surface area (Å²) in [6.45, 7) is 4.94. The highest BCUT2D eigenvalue weighted by Crippen LogP contribution is 2.29. The SMILES string of the molecule is CCCCCn1nc(C(=O)N2CCCC(c3nnc4n3CCCCC4)C2)c2ccccc2c1=O. The molecule has 1 unspecified atom stereocenters. The molecule has 1 fully saturated rings. The van der Waals surface area contributed by atoms with Gasteiger partial charge in [-0.05, 0) is 38.2 Å². The number of carbonyl (C=O) groups is 1. The first-order valence-corrected chi connectivity index (χ1v) is 12.9. The fourth-order valence-electron chi connectivity index (χ4n) is 5.39. The quantitative estimate of drug-likeness (QED) is 0.518. The van der Waals surface area contributed by atoms with Crippen LogP contribution in [0.5, 0.6) is 0 Å². The molecule has 34 heavy (non-hydrogen) atoms. The van der Waals surface area contributed by atoms with Gasteiger partial charge in [0.05, 0.1) is 5.39 Å². The number of rotatable bonds is 6. The van der Waals surface area contributed by atoms with Crippen molar-refractivity contribution in [3.63, 3.8) is 0 Å². The topological polar surface area (TPSA) is 85.9 Å². The zero-order valence-corrected chi connectivity index (χ0v) is 20.1. The number of piperidine rings is 1. The summed E-state index contributed by atoms with van der Waals surface area (Å²) < 4.78 is 3.79. The largest absolute Gasteiger partial charge is 0.337 e. The van der Waals surface area contributed by atoms with Crippen molar-refractivity contribution >= 4 is 16.7 Å². The summed E-state index contributed by atoms with van der Waals surface area (Å²) in [5.41, 5.74) is 0.262. The van der Waals surface area contributed by atoms with E-state index in [9.17, 15) is 9.59 Å². The number of aromatic nitrogens is 5. The van der Waals surface area contributed by atoms with Crippen molar-refractivity contribution in [2.24, 2.45) is 0 Å². The third kappa shape index (κ3) is 4.38. The van der Waals surface area contributed by atoms with E-state index in [1.807, 2.05) is 23.1 Å². The minimum atomic E-state index is -0.120. The van der Waals surface area contributed by atoms with Crippen LogP contribution in [0.25, 0.3) is 10.8 Å². The lowest BCUT2D eigenvalue weighted by atomic mass is 9.96. The van der Waals surface area contributed by atoms with Gasteiger partial charge in [-0.25, -0.2) is 4.68 Å². The zero-order chi connectivity index (χ0) is 23.5. The van der Waals surface area contributed by atoms with Crippen molar-refractivity contribution in [1.82, 2.24) is 29.4 Å². The predicted molar refractivity (Wildman–Crippen MR) is 131 cm³/mol. The second kappa shape index (κ2) is 10.1. The maximum absolute atomic E-state index is 13.8. The summed E-state index contributed by atoms with van der Waals surface area (Å²) in [6.07, 6.45) is 9.43. The van der Waals surface area contributed by atoms with E-state index in [0.717, 1.165) is 63.1 Å². The molecular formula is C26H34N6O2. The van der Waals surface area contributed by atoms with Crippen LogP contribution in [0.2, 0.25) is 0 Å². The van der Waals surface area contributed by atoms with Crippen LogP contribution in [0.3, 0.4) is 0 Å². The van der Waals surface area contributed by atoms with Crippen LogP contribution in [0.15, 0.2) is 29.1 Å². The standard InChI is InChI=1S/C26H34N6O2/c1-2-3-8-17-32-25(33)21-13-7-6-12-20(21)23(29-32)26(34)30-15-10-11-19(18-30)24-28-27-22-14-5-4-9-16-31(22)24/h6-7,12-13,19H,2-5,8-11,14-18H2,1H3. The van der Waals surface area contributed by atoms with Crippen LogP contribution in [0.4, 0.5) is 0 Å². The Kier molecular flexibility index (Phi) is 6.74. The summed E-state index contributed by atoms with van der Waals surface area (Å²) >= 11 is 0. The molecule has 2 aromatic heterocycles. The molecular weight excluding hydrogens is 428 g/mol. The average Bonchev–Trinajstić information content (AvgIpc) is 3.13. The molecule has 1 saturated heterocycles. The van der Waals surface area contributed by atoms with Crippen LogP contribution in [0.1, 0.15) is 86.3 Å². The van der Waals surface area contributed by atoms with Gasteiger partial charge in [0.2, 0.25) is 0 Å². The highest BCUT2D eigenvalue weighted by Gasteiger charge is 2.31. The lowest BCUT2D eigenvalue weighted by Gasteiger charge is -2.32. The fraction of sp³-hybridized carbons (Fsp3) is 0.577. The molecule has 4 heterocycles. The van der Waals surface area contributed by atoms with E-state index in [1.165, 1.54) is 17.5 Å². The van der Waals surface area contributed by atoms with Crippen molar-refractivity contribution in [3.8, 4) is 0 Å². The molecule has 0 aliphatic carbocycles. The number of nitrogens with zero attached hydrogens (tertiary/aromatic N) is 6. The molecule has 3 aromatic rings. The van der Waals surface area contributed by atoms with Crippen molar-refractivity contribution in [2.45, 2.75) is 83.7 Å². The van der Waals surface area contributed by atoms with E-state index in [2.05, 4.69) is 26.8 Å². The second-order valence-corrected chi connectivity index (χ2v) is 9.66. The number of benzene rings is 1. The van der Waals surface area contributed by atoms with Gasteiger partial charge in [0.15, 0.2) is 5.69 Å². The van der Waals surface area contributed by atoms with Gasteiger partial charge in [0.25, 0.3) is 11.5 Å². The normalized spacial score (nSPS) is 18.6. The Morgan fingerprint density at radius 2 is 1.88 bits per heavy atom. The molecule has 180 valence electrons. The highest BCUT2D eigenvalue weighted by atomic mass is 16.2. The molecule has 8 heteroatoms. The van der Waals surface area contributed by atoms with Gasteiger partial charge in [-0.3, -0.25) is 9.59 Å². The van der Waals surface area contributed by atoms with Crippen molar-refractivity contribution in [2.75, 3.05) is 13.1 Å². The molecule has 5 rings (SSSR count). The first-order chi connectivity index (χ1) is 16.7. The number of amides is 1. The molecule has 0 saturated carbocycles. The van der Waals surface area contributed by atoms with E-state index in [1.54, 1.807) is 6.07 Å².